The molecule has 2 aliphatic rings. The first-order valence-corrected chi connectivity index (χ1v) is 7.68. The molecule has 0 radical (unpaired) electrons. The summed E-state index contributed by atoms with van der Waals surface area (Å²) in [5, 5.41) is 3.46. The van der Waals surface area contributed by atoms with Crippen molar-refractivity contribution >= 4 is 5.69 Å². The summed E-state index contributed by atoms with van der Waals surface area (Å²) in [6.07, 6.45) is 3.04. The molecule has 2 heterocycles. The van der Waals surface area contributed by atoms with E-state index in [1.54, 1.807) is 0 Å². The lowest BCUT2D eigenvalue weighted by Gasteiger charge is -2.36. The second-order valence-corrected chi connectivity index (χ2v) is 5.60. The molecular formula is C16H24N2O2. The van der Waals surface area contributed by atoms with E-state index in [-0.39, 0.29) is 6.10 Å². The average molecular weight is 276 g/mol. The van der Waals surface area contributed by atoms with Gasteiger partial charge in [0.05, 0.1) is 18.3 Å². The van der Waals surface area contributed by atoms with Crippen LogP contribution in [0.15, 0.2) is 24.3 Å². The molecule has 1 saturated heterocycles. The topological polar surface area (TPSA) is 33.7 Å². The van der Waals surface area contributed by atoms with Gasteiger partial charge in [-0.3, -0.25) is 4.90 Å². The number of para-hydroxylation sites is 2. The van der Waals surface area contributed by atoms with Gasteiger partial charge in [-0.25, -0.2) is 0 Å². The fourth-order valence-electron chi connectivity index (χ4n) is 3.10. The van der Waals surface area contributed by atoms with Crippen LogP contribution < -0.4 is 10.1 Å². The predicted octanol–water partition coefficient (Wildman–Crippen LogP) is 2.36. The molecule has 0 bridgehead atoms. The molecule has 1 aromatic carbocycles. The monoisotopic (exact) mass is 276 g/mol. The molecule has 4 heteroatoms. The van der Waals surface area contributed by atoms with Gasteiger partial charge in [-0.15, -0.1) is 0 Å². The van der Waals surface area contributed by atoms with Crippen LogP contribution in [0.1, 0.15) is 19.8 Å². The van der Waals surface area contributed by atoms with E-state index in [0.29, 0.717) is 6.10 Å². The summed E-state index contributed by atoms with van der Waals surface area (Å²) in [4.78, 5) is 2.48. The number of benzene rings is 1. The minimum absolute atomic E-state index is 0.227. The minimum Gasteiger partial charge on any atom is -0.485 e. The average Bonchev–Trinajstić information content (AvgIpc) is 2.48. The molecule has 0 aliphatic carbocycles. The molecule has 0 saturated carbocycles. The van der Waals surface area contributed by atoms with Gasteiger partial charge >= 0.3 is 0 Å². The summed E-state index contributed by atoms with van der Waals surface area (Å²) in [6, 6.07) is 8.16. The maximum atomic E-state index is 6.08. The first kappa shape index (κ1) is 13.7. The highest BCUT2D eigenvalue weighted by Gasteiger charge is 2.25. The molecule has 0 spiro atoms. The van der Waals surface area contributed by atoms with Crippen molar-refractivity contribution < 1.29 is 9.47 Å². The predicted molar refractivity (Wildman–Crippen MR) is 80.4 cm³/mol. The molecule has 1 N–H and O–H groups in total. The Kier molecular flexibility index (Phi) is 4.43. The summed E-state index contributed by atoms with van der Waals surface area (Å²) >= 11 is 0. The van der Waals surface area contributed by atoms with Crippen molar-refractivity contribution in [2.24, 2.45) is 0 Å². The standard InChI is InChI=1S/C16H24N2O2/c1-2-19-13-6-5-9-18(11-13)12-14-10-17-15-7-3-4-8-16(15)20-14/h3-4,7-8,13-14,17H,2,5-6,9-12H2,1H3. The van der Waals surface area contributed by atoms with Gasteiger partial charge in [0.25, 0.3) is 0 Å². The number of nitrogens with one attached hydrogen (secondary N) is 1. The van der Waals surface area contributed by atoms with E-state index in [1.807, 2.05) is 18.2 Å². The van der Waals surface area contributed by atoms with Gasteiger partial charge in [-0.1, -0.05) is 12.1 Å². The third-order valence-corrected chi connectivity index (χ3v) is 4.03. The van der Waals surface area contributed by atoms with Crippen molar-refractivity contribution in [3.05, 3.63) is 24.3 Å². The largest absolute Gasteiger partial charge is 0.485 e. The Balaban J connectivity index is 1.54. The van der Waals surface area contributed by atoms with Gasteiger partial charge in [0.2, 0.25) is 0 Å². The zero-order chi connectivity index (χ0) is 13.8. The zero-order valence-corrected chi connectivity index (χ0v) is 12.2. The summed E-state index contributed by atoms with van der Waals surface area (Å²) in [5.74, 6) is 0.974. The van der Waals surface area contributed by atoms with Crippen molar-refractivity contribution in [3.8, 4) is 5.75 Å². The van der Waals surface area contributed by atoms with Gasteiger partial charge in [0.1, 0.15) is 11.9 Å². The van der Waals surface area contributed by atoms with Crippen LogP contribution in [0, 0.1) is 0 Å². The van der Waals surface area contributed by atoms with Crippen LogP contribution >= 0.6 is 0 Å². The van der Waals surface area contributed by atoms with Gasteiger partial charge in [0, 0.05) is 19.7 Å². The number of anilines is 1. The van der Waals surface area contributed by atoms with E-state index < -0.39 is 0 Å². The van der Waals surface area contributed by atoms with Gasteiger partial charge in [-0.05, 0) is 38.4 Å². The number of rotatable bonds is 4. The van der Waals surface area contributed by atoms with Crippen LogP contribution in [0.2, 0.25) is 0 Å². The normalized spacial score (nSPS) is 26.4. The van der Waals surface area contributed by atoms with Gasteiger partial charge in [-0.2, -0.15) is 0 Å². The van der Waals surface area contributed by atoms with Crippen LogP contribution in [0.4, 0.5) is 5.69 Å². The third-order valence-electron chi connectivity index (χ3n) is 4.03. The molecule has 110 valence electrons. The van der Waals surface area contributed by atoms with Gasteiger partial charge in [0.15, 0.2) is 0 Å². The Bertz CT molecular complexity index is 436. The van der Waals surface area contributed by atoms with E-state index in [0.717, 1.165) is 44.2 Å². The third kappa shape index (κ3) is 3.25. The molecule has 0 aromatic heterocycles. The van der Waals surface area contributed by atoms with Crippen molar-refractivity contribution in [3.63, 3.8) is 0 Å². The van der Waals surface area contributed by atoms with Crippen molar-refractivity contribution in [1.82, 2.24) is 4.90 Å². The fraction of sp³-hybridized carbons (Fsp3) is 0.625. The van der Waals surface area contributed by atoms with E-state index in [9.17, 15) is 0 Å². The summed E-state index contributed by atoms with van der Waals surface area (Å²) in [7, 11) is 0. The quantitative estimate of drug-likeness (QED) is 0.915. The van der Waals surface area contributed by atoms with E-state index >= 15 is 0 Å². The van der Waals surface area contributed by atoms with E-state index in [1.165, 1.54) is 12.8 Å². The molecule has 2 atom stereocenters. The minimum atomic E-state index is 0.227. The summed E-state index contributed by atoms with van der Waals surface area (Å²) in [6.45, 7) is 6.94. The second kappa shape index (κ2) is 6.46. The highest BCUT2D eigenvalue weighted by Crippen LogP contribution is 2.28. The van der Waals surface area contributed by atoms with E-state index in [2.05, 4.69) is 23.2 Å². The number of piperidine rings is 1. The maximum Gasteiger partial charge on any atom is 0.142 e. The molecule has 0 amide bonds. The molecule has 4 nitrogen and oxygen atoms in total. The van der Waals surface area contributed by atoms with Crippen LogP contribution in [-0.2, 0) is 4.74 Å². The first-order valence-electron chi connectivity index (χ1n) is 7.68. The first-order chi connectivity index (χ1) is 9.85. The Morgan fingerprint density at radius 2 is 2.30 bits per heavy atom. The number of nitrogens with zero attached hydrogens (tertiary/aromatic N) is 1. The smallest absolute Gasteiger partial charge is 0.142 e. The van der Waals surface area contributed by atoms with Crippen molar-refractivity contribution in [1.29, 1.82) is 0 Å². The van der Waals surface area contributed by atoms with Crippen LogP contribution in [0.5, 0.6) is 5.75 Å². The van der Waals surface area contributed by atoms with Crippen LogP contribution in [-0.4, -0.2) is 49.9 Å². The number of ether oxygens (including phenoxy) is 2. The Morgan fingerprint density at radius 1 is 1.40 bits per heavy atom. The fourth-order valence-corrected chi connectivity index (χ4v) is 3.10. The number of hydrogen-bond acceptors (Lipinski definition) is 4. The van der Waals surface area contributed by atoms with Crippen molar-refractivity contribution in [2.45, 2.75) is 32.0 Å². The highest BCUT2D eigenvalue weighted by atomic mass is 16.5. The SMILES string of the molecule is CCOC1CCCN(CC2CNc3ccccc3O2)C1. The molecule has 3 rings (SSSR count). The zero-order valence-electron chi connectivity index (χ0n) is 12.2. The van der Waals surface area contributed by atoms with Gasteiger partial charge < -0.3 is 14.8 Å². The summed E-state index contributed by atoms with van der Waals surface area (Å²) < 4.78 is 11.8. The molecule has 1 aromatic rings. The number of hydrogen-bond donors (Lipinski definition) is 1. The molecule has 2 aliphatic heterocycles. The molecular weight excluding hydrogens is 252 g/mol. The lowest BCUT2D eigenvalue weighted by molar-refractivity contribution is -0.00359. The highest BCUT2D eigenvalue weighted by molar-refractivity contribution is 5.57. The molecule has 20 heavy (non-hydrogen) atoms. The van der Waals surface area contributed by atoms with E-state index in [4.69, 9.17) is 9.47 Å². The Labute approximate surface area is 121 Å². The van der Waals surface area contributed by atoms with Crippen LogP contribution in [0.25, 0.3) is 0 Å². The lowest BCUT2D eigenvalue weighted by atomic mass is 10.1. The number of likely N-dealkylation sites (tertiary alicyclic amines) is 1. The molecule has 2 unspecified atom stereocenters. The van der Waals surface area contributed by atoms with Crippen LogP contribution in [0.3, 0.4) is 0 Å². The maximum absolute atomic E-state index is 6.08. The lowest BCUT2D eigenvalue weighted by Crippen LogP contribution is -2.47. The Morgan fingerprint density at radius 3 is 3.20 bits per heavy atom. The second-order valence-electron chi connectivity index (χ2n) is 5.60. The number of fused-ring (bicyclic) bond motifs is 1. The Hall–Kier alpha value is -1.26. The van der Waals surface area contributed by atoms with Crippen molar-refractivity contribution in [2.75, 3.05) is 38.1 Å². The molecule has 1 fully saturated rings. The summed E-state index contributed by atoms with van der Waals surface area (Å²) in [5.41, 5.74) is 1.11.